The van der Waals surface area contributed by atoms with Crippen LogP contribution in [0.3, 0.4) is 0 Å². The Morgan fingerprint density at radius 3 is 1.72 bits per heavy atom. The largest absolute Gasteiger partial charge is 0.321 e. The van der Waals surface area contributed by atoms with Crippen LogP contribution < -0.4 is 9.80 Å². The fraction of sp³-hybridized carbons (Fsp3) is 0.131. The van der Waals surface area contributed by atoms with Gasteiger partial charge in [-0.25, -0.2) is 4.98 Å². The number of anilines is 4. The molecule has 0 amide bonds. The van der Waals surface area contributed by atoms with Crippen molar-refractivity contribution in [2.75, 3.05) is 16.5 Å². The van der Waals surface area contributed by atoms with Crippen molar-refractivity contribution in [1.82, 2.24) is 9.55 Å². The molecule has 4 heteroatoms. The zero-order chi connectivity index (χ0) is 57.3. The van der Waals surface area contributed by atoms with Crippen LogP contribution >= 0.6 is 0 Å². The van der Waals surface area contributed by atoms with Gasteiger partial charge in [0.2, 0.25) is 0 Å². The maximum absolute atomic E-state index is 9.36. The number of para-hydroxylation sites is 3. The van der Waals surface area contributed by atoms with E-state index in [4.69, 9.17) is 20.1 Å². The lowest BCUT2D eigenvalue weighted by atomic mass is 9.77. The first-order valence-electron chi connectivity index (χ1n) is 29.0. The Morgan fingerprint density at radius 2 is 1.06 bits per heavy atom. The minimum atomic E-state index is -0.681. The first-order chi connectivity index (χ1) is 37.8. The van der Waals surface area contributed by atoms with Crippen molar-refractivity contribution in [3.8, 4) is 39.2 Å². The topological polar surface area (TPSA) is 24.3 Å². The van der Waals surface area contributed by atoms with Gasteiger partial charge in [-0.3, -0.25) is 4.57 Å². The molecule has 1 aliphatic heterocycles. The molecule has 0 saturated heterocycles. The molecule has 10 aromatic rings. The molecule has 0 fully saturated rings. The molecule has 316 valence electrons. The Kier molecular flexibility index (Phi) is 6.53. The van der Waals surface area contributed by atoms with Gasteiger partial charge in [0.15, 0.2) is 0 Å². The van der Waals surface area contributed by atoms with Gasteiger partial charge in [0.05, 0.1) is 48.7 Å². The van der Waals surface area contributed by atoms with Gasteiger partial charge in [0, 0.05) is 39.2 Å². The van der Waals surface area contributed by atoms with Crippen LogP contribution in [0.15, 0.2) is 212 Å². The van der Waals surface area contributed by atoms with Gasteiger partial charge in [-0.2, -0.15) is 0 Å². The second-order valence-corrected chi connectivity index (χ2v) is 17.8. The number of nitrogens with zero attached hydrogens (tertiary/aromatic N) is 4. The van der Waals surface area contributed by atoms with E-state index in [2.05, 4.69) is 93.8 Å². The Bertz CT molecular complexity index is 4100. The molecular weight excluding hydrogens is 789 g/mol. The van der Waals surface area contributed by atoms with E-state index in [9.17, 15) is 5.48 Å². The number of benzene rings is 8. The summed E-state index contributed by atoms with van der Waals surface area (Å²) >= 11 is 0. The highest BCUT2D eigenvalue weighted by Crippen LogP contribution is 2.52. The fourth-order valence-electron chi connectivity index (χ4n) is 9.08. The number of pyridine rings is 1. The molecule has 0 bridgehead atoms. The number of aromatic nitrogens is 2. The maximum Gasteiger partial charge on any atom is 0.137 e. The Hall–Kier alpha value is -7.69. The molecule has 0 spiro atoms. The number of rotatable bonds is 8. The normalized spacial score (nSPS) is 16.1. The highest BCUT2D eigenvalue weighted by atomic mass is 15.4. The van der Waals surface area contributed by atoms with Crippen LogP contribution in [0.2, 0.25) is 0 Å². The van der Waals surface area contributed by atoms with Gasteiger partial charge in [-0.15, -0.1) is 0 Å². The van der Waals surface area contributed by atoms with Crippen molar-refractivity contribution < 1.29 is 20.6 Å². The minimum Gasteiger partial charge on any atom is -0.321 e. The van der Waals surface area contributed by atoms with Gasteiger partial charge in [0.1, 0.15) is 12.5 Å². The molecule has 0 N–H and O–H groups in total. The first-order valence-corrected chi connectivity index (χ1v) is 21.5. The van der Waals surface area contributed by atoms with Crippen LogP contribution in [0.4, 0.5) is 22.7 Å². The fourth-order valence-corrected chi connectivity index (χ4v) is 9.08. The van der Waals surface area contributed by atoms with Crippen molar-refractivity contribution in [3.05, 3.63) is 229 Å². The van der Waals surface area contributed by atoms with E-state index in [1.54, 1.807) is 11.0 Å². The smallest absolute Gasteiger partial charge is 0.137 e. The van der Waals surface area contributed by atoms with E-state index < -0.39 is 96.1 Å². The highest BCUT2D eigenvalue weighted by Gasteiger charge is 2.33. The highest BCUT2D eigenvalue weighted by molar-refractivity contribution is 6.09. The predicted octanol–water partition coefficient (Wildman–Crippen LogP) is 16.1. The summed E-state index contributed by atoms with van der Waals surface area (Å²) in [7, 11) is 0. The predicted molar refractivity (Wildman–Crippen MR) is 274 cm³/mol. The first kappa shape index (κ1) is 26.8. The number of hydrogen-bond acceptors (Lipinski definition) is 3. The summed E-state index contributed by atoms with van der Waals surface area (Å²) < 4.78 is 136. The van der Waals surface area contributed by atoms with E-state index in [1.807, 2.05) is 53.6 Å². The minimum absolute atomic E-state index is 0.0265. The van der Waals surface area contributed by atoms with E-state index in [-0.39, 0.29) is 51.2 Å². The summed E-state index contributed by atoms with van der Waals surface area (Å²) in [6.45, 7) is 10.9. The van der Waals surface area contributed by atoms with Crippen LogP contribution in [-0.4, -0.2) is 16.2 Å². The maximum atomic E-state index is 9.36. The number of fused-ring (bicyclic) bond motifs is 4. The van der Waals surface area contributed by atoms with Crippen LogP contribution in [0.25, 0.3) is 61.0 Å². The lowest BCUT2D eigenvalue weighted by Gasteiger charge is -2.30. The van der Waals surface area contributed by atoms with E-state index >= 15 is 0 Å². The lowest BCUT2D eigenvalue weighted by Crippen LogP contribution is -2.25. The van der Waals surface area contributed by atoms with Crippen molar-refractivity contribution in [2.45, 2.75) is 45.4 Å². The average Bonchev–Trinajstić information content (AvgIpc) is 4.17. The molecule has 65 heavy (non-hydrogen) atoms. The summed E-state index contributed by atoms with van der Waals surface area (Å²) in [5.74, 6) is 0.811. The quantitative estimate of drug-likeness (QED) is 0.152. The van der Waals surface area contributed by atoms with Crippen LogP contribution in [0, 0.1) is 0 Å². The zero-order valence-corrected chi connectivity index (χ0v) is 36.5. The van der Waals surface area contributed by atoms with Crippen molar-refractivity contribution in [1.29, 1.82) is 0 Å². The molecule has 0 aliphatic carbocycles. The van der Waals surface area contributed by atoms with Crippen LogP contribution in [-0.2, 0) is 10.8 Å². The van der Waals surface area contributed by atoms with Crippen molar-refractivity contribution >= 4 is 44.6 Å². The molecule has 1 aliphatic rings. The van der Waals surface area contributed by atoms with Crippen LogP contribution in [0.1, 0.15) is 71.9 Å². The van der Waals surface area contributed by atoms with E-state index in [0.717, 1.165) is 50.0 Å². The van der Waals surface area contributed by atoms with Gasteiger partial charge < -0.3 is 9.80 Å². The summed E-state index contributed by atoms with van der Waals surface area (Å²) in [5, 5.41) is 2.18. The van der Waals surface area contributed by atoms with E-state index in [0.29, 0.717) is 11.4 Å². The molecule has 2 aromatic heterocycles. The molecule has 11 rings (SSSR count). The Balaban J connectivity index is 1.13. The molecule has 3 heterocycles. The molecular formula is C61H52N4. The zero-order valence-electron chi connectivity index (χ0n) is 51.5. The molecule has 0 saturated carbocycles. The van der Waals surface area contributed by atoms with Crippen molar-refractivity contribution in [2.24, 2.45) is 0 Å². The molecule has 0 radical (unpaired) electrons. The summed E-state index contributed by atoms with van der Waals surface area (Å²) in [6, 6.07) is 27.5. The lowest BCUT2D eigenvalue weighted by molar-refractivity contribution is 0.588. The average molecular weight is 856 g/mol. The molecule has 8 aromatic carbocycles. The monoisotopic (exact) mass is 856 g/mol. The molecule has 0 atom stereocenters. The van der Waals surface area contributed by atoms with Gasteiger partial charge in [0.25, 0.3) is 0 Å². The van der Waals surface area contributed by atoms with Gasteiger partial charge >= 0.3 is 0 Å². The summed E-state index contributed by atoms with van der Waals surface area (Å²) in [6.07, 6.45) is 1.86. The Morgan fingerprint density at radius 1 is 0.477 bits per heavy atom. The molecule has 4 nitrogen and oxygen atoms in total. The SMILES string of the molecule is [2H]c1c([2H])c([2H])c(-c2cc(-c3c([2H])c([2H])c([2H])c([2H])c3[2H])c(N3CN(c4cccc(C(C)(C)c5ccc6c7ccccc7n(-c7cc(C(C)(C)C)ccn7)c6c5)c4)c4ccccc43)c(-c3c([2H])c([2H])c([2H])c([2H])c3[2H])c2)c([2H])c1[2H]. The third-order valence-corrected chi connectivity index (χ3v) is 12.6. The van der Waals surface area contributed by atoms with E-state index in [1.165, 1.54) is 12.1 Å². The number of hydrogen-bond donors (Lipinski definition) is 0. The third-order valence-electron chi connectivity index (χ3n) is 12.6. The van der Waals surface area contributed by atoms with Crippen LogP contribution in [0.5, 0.6) is 0 Å². The second kappa shape index (κ2) is 15.8. The van der Waals surface area contributed by atoms with Crippen molar-refractivity contribution in [3.63, 3.8) is 0 Å². The third kappa shape index (κ3) is 7.07. The standard InChI is InChI=1S/C61H52N4/c1-60(2,3)46-34-35-62-58(40-46)65-54-29-16-15-28-50(54)51-33-32-48(39-57(51)65)61(4,5)47-26-19-27-49(38-47)63-41-64(56-31-18-17-30-55(56)63)59-52(43-22-11-7-12-23-43)36-45(42-20-9-6-10-21-42)37-53(59)44-24-13-8-14-25-44/h6-40H,41H2,1-5H3/i6D,7D,8D,9D,10D,11D,12D,13D,14D,20D,21D,22D,23D,24D,25D. The van der Waals surface area contributed by atoms with Gasteiger partial charge in [-0.05, 0) is 105 Å². The van der Waals surface area contributed by atoms with Gasteiger partial charge in [-0.1, -0.05) is 180 Å². The summed E-state index contributed by atoms with van der Waals surface area (Å²) in [5.41, 5.74) is 5.23. The summed E-state index contributed by atoms with van der Waals surface area (Å²) in [4.78, 5) is 8.72. The second-order valence-electron chi connectivity index (χ2n) is 17.8. The Labute approximate surface area is 403 Å². The molecule has 0 unspecified atom stereocenters.